The molecule has 0 atom stereocenters. The van der Waals surface area contributed by atoms with Gasteiger partial charge in [0.25, 0.3) is 0 Å². The fourth-order valence-electron chi connectivity index (χ4n) is 2.59. The minimum Gasteiger partial charge on any atom is -0.486 e. The van der Waals surface area contributed by atoms with Gasteiger partial charge in [0.1, 0.15) is 13.2 Å². The third-order valence-corrected chi connectivity index (χ3v) is 3.90. The number of nitriles is 1. The predicted octanol–water partition coefficient (Wildman–Crippen LogP) is 2.51. The molecule has 3 rings (SSSR count). The van der Waals surface area contributed by atoms with Gasteiger partial charge in [-0.1, -0.05) is 0 Å². The van der Waals surface area contributed by atoms with Crippen molar-refractivity contribution < 1.29 is 9.47 Å². The zero-order valence-electron chi connectivity index (χ0n) is 11.4. The van der Waals surface area contributed by atoms with Gasteiger partial charge in [0.05, 0.1) is 11.5 Å². The lowest BCUT2D eigenvalue weighted by molar-refractivity contribution is 0.171. The van der Waals surface area contributed by atoms with Crippen LogP contribution in [0.2, 0.25) is 0 Å². The molecule has 4 heteroatoms. The van der Waals surface area contributed by atoms with E-state index in [1.54, 1.807) is 0 Å². The summed E-state index contributed by atoms with van der Waals surface area (Å²) < 4.78 is 11.2. The molecule has 1 aromatic carbocycles. The molecule has 100 valence electrons. The third-order valence-electron chi connectivity index (χ3n) is 3.90. The van der Waals surface area contributed by atoms with Crippen molar-refractivity contribution in [2.24, 2.45) is 5.41 Å². The number of anilines is 1. The fraction of sp³-hybridized carbons (Fsp3) is 0.533. The van der Waals surface area contributed by atoms with Crippen LogP contribution in [0.5, 0.6) is 11.5 Å². The monoisotopic (exact) mass is 258 g/mol. The molecular formula is C15H18N2O2. The highest BCUT2D eigenvalue weighted by molar-refractivity contribution is 5.62. The zero-order valence-corrected chi connectivity index (χ0v) is 11.4. The van der Waals surface area contributed by atoms with Crippen LogP contribution in [-0.2, 0) is 0 Å². The molecule has 0 aromatic heterocycles. The van der Waals surface area contributed by atoms with Crippen molar-refractivity contribution in [1.29, 1.82) is 5.26 Å². The van der Waals surface area contributed by atoms with Crippen LogP contribution in [0, 0.1) is 23.7 Å². The van der Waals surface area contributed by atoms with Crippen LogP contribution in [0.15, 0.2) is 12.1 Å². The number of aryl methyl sites for hydroxylation is 1. The molecule has 4 nitrogen and oxygen atoms in total. The Balaban J connectivity index is 1.86. The highest BCUT2D eigenvalue weighted by Gasteiger charge is 2.44. The average molecular weight is 258 g/mol. The first-order valence-electron chi connectivity index (χ1n) is 6.66. The van der Waals surface area contributed by atoms with E-state index in [4.69, 9.17) is 9.47 Å². The van der Waals surface area contributed by atoms with E-state index in [0.717, 1.165) is 42.1 Å². The lowest BCUT2D eigenvalue weighted by Crippen LogP contribution is -2.26. The summed E-state index contributed by atoms with van der Waals surface area (Å²) in [6, 6.07) is 6.48. The summed E-state index contributed by atoms with van der Waals surface area (Å²) in [6.45, 7) is 4.06. The van der Waals surface area contributed by atoms with Gasteiger partial charge in [-0.05, 0) is 31.4 Å². The number of hydrogen-bond acceptors (Lipinski definition) is 4. The van der Waals surface area contributed by atoms with Crippen LogP contribution in [0.3, 0.4) is 0 Å². The second-order valence-electron chi connectivity index (χ2n) is 5.53. The van der Waals surface area contributed by atoms with Crippen LogP contribution < -0.4 is 14.4 Å². The van der Waals surface area contributed by atoms with Gasteiger partial charge in [0, 0.05) is 25.3 Å². The normalized spacial score (nSPS) is 18.6. The quantitative estimate of drug-likeness (QED) is 0.835. The first kappa shape index (κ1) is 12.2. The molecule has 1 aliphatic heterocycles. The minimum absolute atomic E-state index is 0.131. The van der Waals surface area contributed by atoms with Gasteiger partial charge in [0.15, 0.2) is 11.5 Å². The lowest BCUT2D eigenvalue weighted by Gasteiger charge is -2.26. The topological polar surface area (TPSA) is 45.5 Å². The van der Waals surface area contributed by atoms with E-state index < -0.39 is 0 Å². The molecule has 0 saturated heterocycles. The summed E-state index contributed by atoms with van der Waals surface area (Å²) in [6.07, 6.45) is 2.02. The molecule has 1 aromatic rings. The minimum atomic E-state index is -0.131. The van der Waals surface area contributed by atoms with Crippen LogP contribution in [-0.4, -0.2) is 26.8 Å². The Bertz CT molecular complexity index is 544. The Kier molecular flexibility index (Phi) is 2.78. The Hall–Kier alpha value is -1.89. The first-order valence-corrected chi connectivity index (χ1v) is 6.66. The second kappa shape index (κ2) is 4.34. The highest BCUT2D eigenvalue weighted by atomic mass is 16.6. The maximum Gasteiger partial charge on any atom is 0.163 e. The van der Waals surface area contributed by atoms with Gasteiger partial charge < -0.3 is 14.4 Å². The van der Waals surface area contributed by atoms with Crippen LogP contribution in [0.1, 0.15) is 18.4 Å². The summed E-state index contributed by atoms with van der Waals surface area (Å²) in [7, 11) is 2.04. The summed E-state index contributed by atoms with van der Waals surface area (Å²) in [5, 5.41) is 9.19. The van der Waals surface area contributed by atoms with Crippen LogP contribution >= 0.6 is 0 Å². The van der Waals surface area contributed by atoms with Crippen LogP contribution in [0.4, 0.5) is 5.69 Å². The molecular weight excluding hydrogens is 240 g/mol. The number of ether oxygens (including phenoxy) is 2. The molecule has 0 unspecified atom stereocenters. The van der Waals surface area contributed by atoms with Crippen molar-refractivity contribution in [3.63, 3.8) is 0 Å². The first-order chi connectivity index (χ1) is 9.13. The molecule has 1 fully saturated rings. The van der Waals surface area contributed by atoms with Crippen molar-refractivity contribution in [2.45, 2.75) is 19.8 Å². The maximum atomic E-state index is 9.19. The molecule has 1 aliphatic carbocycles. The van der Waals surface area contributed by atoms with Crippen molar-refractivity contribution in [3.8, 4) is 17.6 Å². The molecule has 0 bridgehead atoms. The van der Waals surface area contributed by atoms with Crippen molar-refractivity contribution in [2.75, 3.05) is 31.7 Å². The van der Waals surface area contributed by atoms with Crippen molar-refractivity contribution >= 4 is 5.69 Å². The van der Waals surface area contributed by atoms with Gasteiger partial charge in [-0.25, -0.2) is 0 Å². The number of nitrogens with zero attached hydrogens (tertiary/aromatic N) is 2. The van der Waals surface area contributed by atoms with E-state index in [1.165, 1.54) is 0 Å². The molecule has 0 amide bonds. The van der Waals surface area contributed by atoms with E-state index in [2.05, 4.69) is 17.9 Å². The van der Waals surface area contributed by atoms with Crippen molar-refractivity contribution in [3.05, 3.63) is 17.7 Å². The van der Waals surface area contributed by atoms with E-state index in [9.17, 15) is 5.26 Å². The Morgan fingerprint density at radius 2 is 1.89 bits per heavy atom. The summed E-state index contributed by atoms with van der Waals surface area (Å²) in [4.78, 5) is 2.16. The van der Waals surface area contributed by atoms with E-state index in [0.29, 0.717) is 13.2 Å². The summed E-state index contributed by atoms with van der Waals surface area (Å²) in [5.41, 5.74) is 2.14. The zero-order chi connectivity index (χ0) is 13.5. The summed E-state index contributed by atoms with van der Waals surface area (Å²) >= 11 is 0. The second-order valence-corrected chi connectivity index (χ2v) is 5.53. The number of fused-ring (bicyclic) bond motifs is 1. The third kappa shape index (κ3) is 2.21. The number of rotatable bonds is 3. The molecule has 0 N–H and O–H groups in total. The van der Waals surface area contributed by atoms with Gasteiger partial charge in [-0.3, -0.25) is 0 Å². The molecule has 2 aliphatic rings. The predicted molar refractivity (Wildman–Crippen MR) is 72.7 cm³/mol. The van der Waals surface area contributed by atoms with E-state index in [-0.39, 0.29) is 5.41 Å². The molecule has 19 heavy (non-hydrogen) atoms. The molecule has 0 radical (unpaired) electrons. The van der Waals surface area contributed by atoms with Crippen molar-refractivity contribution in [1.82, 2.24) is 0 Å². The number of benzene rings is 1. The van der Waals surface area contributed by atoms with Gasteiger partial charge in [-0.2, -0.15) is 5.26 Å². The standard InChI is InChI=1S/C15H18N2O2/c1-11-7-13-14(19-6-5-18-13)8-12(11)17(2)10-15(9-16)3-4-15/h7-8H,3-6,10H2,1-2H3. The molecule has 1 heterocycles. The largest absolute Gasteiger partial charge is 0.486 e. The van der Waals surface area contributed by atoms with Crippen LogP contribution in [0.25, 0.3) is 0 Å². The fourth-order valence-corrected chi connectivity index (χ4v) is 2.59. The van der Waals surface area contributed by atoms with Gasteiger partial charge in [-0.15, -0.1) is 0 Å². The molecule has 0 spiro atoms. The molecule has 1 saturated carbocycles. The highest BCUT2D eigenvalue weighted by Crippen LogP contribution is 2.46. The average Bonchev–Trinajstić information content (AvgIpc) is 3.18. The van der Waals surface area contributed by atoms with E-state index >= 15 is 0 Å². The Labute approximate surface area is 113 Å². The Morgan fingerprint density at radius 3 is 2.47 bits per heavy atom. The lowest BCUT2D eigenvalue weighted by atomic mass is 10.1. The Morgan fingerprint density at radius 1 is 1.26 bits per heavy atom. The van der Waals surface area contributed by atoms with Gasteiger partial charge >= 0.3 is 0 Å². The number of hydrogen-bond donors (Lipinski definition) is 0. The van der Waals surface area contributed by atoms with E-state index in [1.807, 2.05) is 19.2 Å². The summed E-state index contributed by atoms with van der Waals surface area (Å²) in [5.74, 6) is 1.63. The SMILES string of the molecule is Cc1cc2c(cc1N(C)CC1(C#N)CC1)OCCO2. The van der Waals surface area contributed by atoms with Gasteiger partial charge in [0.2, 0.25) is 0 Å². The smallest absolute Gasteiger partial charge is 0.163 e. The maximum absolute atomic E-state index is 9.19.